The van der Waals surface area contributed by atoms with E-state index in [1.165, 1.54) is 0 Å². The van der Waals surface area contributed by atoms with Crippen LogP contribution in [0.2, 0.25) is 0 Å². The van der Waals surface area contributed by atoms with Crippen LogP contribution >= 0.6 is 0 Å². The van der Waals surface area contributed by atoms with Crippen molar-refractivity contribution in [1.82, 2.24) is 0 Å². The minimum atomic E-state index is -1.21. The molecule has 0 aromatic rings. The van der Waals surface area contributed by atoms with Gasteiger partial charge in [-0.05, 0) is 6.54 Å². The Balaban J connectivity index is -0.000000173. The predicted molar refractivity (Wildman–Crippen MR) is 57.1 cm³/mol. The molecule has 0 saturated heterocycles. The average Bonchev–Trinajstić information content (AvgIpc) is 2.29. The summed E-state index contributed by atoms with van der Waals surface area (Å²) in [6.45, 7) is 1.19. The molecular weight excluding hydrogens is 204 g/mol. The van der Waals surface area contributed by atoms with E-state index in [1.54, 1.807) is 0 Å². The van der Waals surface area contributed by atoms with Crippen molar-refractivity contribution in [3.8, 4) is 0 Å². The summed E-state index contributed by atoms with van der Waals surface area (Å²) in [5.74, 6) is 0. The van der Waals surface area contributed by atoms with Gasteiger partial charge in [0.05, 0.1) is 38.6 Å². The molecule has 0 aliphatic carbocycles. The lowest BCUT2D eigenvalue weighted by Gasteiger charge is -2.20. The maximum Gasteiger partial charge on any atom is 0.0856 e. The van der Waals surface area contributed by atoms with E-state index in [4.69, 9.17) is 37.0 Å². The quantitative estimate of drug-likeness (QED) is 0.264. The molecule has 0 heterocycles. The summed E-state index contributed by atoms with van der Waals surface area (Å²) >= 11 is 0. The first kappa shape index (κ1) is 20.2. The molecule has 0 atom stereocenters. The minimum absolute atomic E-state index is 0.125. The van der Waals surface area contributed by atoms with Gasteiger partial charge in [-0.1, -0.05) is 6.92 Å². The Morgan fingerprint density at radius 1 is 0.867 bits per heavy atom. The van der Waals surface area contributed by atoms with E-state index in [9.17, 15) is 0 Å². The molecule has 7 nitrogen and oxygen atoms in total. The zero-order valence-electron chi connectivity index (χ0n) is 9.13. The van der Waals surface area contributed by atoms with Gasteiger partial charge in [0.2, 0.25) is 0 Å². The Morgan fingerprint density at radius 3 is 1.07 bits per heavy atom. The monoisotopic (exact) mass is 228 g/mol. The number of hydrogen-bond donors (Lipinski definition) is 7. The first-order valence-electron chi connectivity index (χ1n) is 4.55. The number of aliphatic hydroxyl groups excluding tert-OH is 5. The summed E-state index contributed by atoms with van der Waals surface area (Å²) in [4.78, 5) is 0. The molecule has 0 bridgehead atoms. The van der Waals surface area contributed by atoms with Gasteiger partial charge in [-0.3, -0.25) is 0 Å². The van der Waals surface area contributed by atoms with Crippen LogP contribution in [-0.4, -0.2) is 70.7 Å². The fourth-order valence-corrected chi connectivity index (χ4v) is 0.150. The van der Waals surface area contributed by atoms with E-state index in [-0.39, 0.29) is 13.2 Å². The standard InChI is InChI=1S/C4H11NO3.C2H7N.C2H6O2/c5-4(1-6,2-7)3-8;1-2-3;3-1-2-4/h6-8H,1-3,5H2;2-3H2,1H3;3-4H,1-2H2. The van der Waals surface area contributed by atoms with Gasteiger partial charge in [0.1, 0.15) is 0 Å². The van der Waals surface area contributed by atoms with Crippen molar-refractivity contribution in [2.45, 2.75) is 12.5 Å². The molecule has 0 fully saturated rings. The number of hydrogen-bond acceptors (Lipinski definition) is 7. The summed E-state index contributed by atoms with van der Waals surface area (Å²) in [7, 11) is 0. The SMILES string of the molecule is CCN.NC(CO)(CO)CO.OCCO. The highest BCUT2D eigenvalue weighted by Crippen LogP contribution is 1.93. The largest absolute Gasteiger partial charge is 0.394 e. The second-order valence-corrected chi connectivity index (χ2v) is 2.69. The number of rotatable bonds is 4. The van der Waals surface area contributed by atoms with Crippen LogP contribution in [0.5, 0.6) is 0 Å². The highest BCUT2D eigenvalue weighted by atomic mass is 16.3. The molecule has 0 spiro atoms. The van der Waals surface area contributed by atoms with Crippen LogP contribution in [0.1, 0.15) is 6.92 Å². The molecule has 0 unspecified atom stereocenters. The molecule has 0 rings (SSSR count). The molecule has 0 radical (unpaired) electrons. The Morgan fingerprint density at radius 2 is 1.07 bits per heavy atom. The van der Waals surface area contributed by atoms with Crippen molar-refractivity contribution in [3.63, 3.8) is 0 Å². The molecular formula is C8H24N2O5. The molecule has 0 amide bonds. The van der Waals surface area contributed by atoms with E-state index >= 15 is 0 Å². The molecule has 7 heteroatoms. The van der Waals surface area contributed by atoms with Gasteiger partial charge in [-0.15, -0.1) is 0 Å². The Kier molecular flexibility index (Phi) is 21.7. The van der Waals surface area contributed by atoms with Gasteiger partial charge in [0, 0.05) is 0 Å². The molecule has 15 heavy (non-hydrogen) atoms. The minimum Gasteiger partial charge on any atom is -0.394 e. The van der Waals surface area contributed by atoms with Crippen molar-refractivity contribution in [3.05, 3.63) is 0 Å². The van der Waals surface area contributed by atoms with Crippen LogP contribution in [0.3, 0.4) is 0 Å². The summed E-state index contributed by atoms with van der Waals surface area (Å²) in [6, 6.07) is 0. The highest BCUT2D eigenvalue weighted by molar-refractivity contribution is 4.80. The summed E-state index contributed by atoms with van der Waals surface area (Å²) in [6.07, 6.45) is 0. The van der Waals surface area contributed by atoms with E-state index < -0.39 is 25.4 Å². The predicted octanol–water partition coefficient (Wildman–Crippen LogP) is -3.40. The fourth-order valence-electron chi connectivity index (χ4n) is 0.150. The third kappa shape index (κ3) is 19.9. The van der Waals surface area contributed by atoms with Gasteiger partial charge in [0.15, 0.2) is 0 Å². The first-order valence-corrected chi connectivity index (χ1v) is 4.55. The average molecular weight is 228 g/mol. The van der Waals surface area contributed by atoms with Gasteiger partial charge in [-0.2, -0.15) is 0 Å². The van der Waals surface area contributed by atoms with Crippen molar-refractivity contribution in [1.29, 1.82) is 0 Å². The second kappa shape index (κ2) is 16.2. The van der Waals surface area contributed by atoms with Gasteiger partial charge < -0.3 is 37.0 Å². The topological polar surface area (TPSA) is 153 Å². The van der Waals surface area contributed by atoms with Crippen molar-refractivity contribution in [2.75, 3.05) is 39.6 Å². The summed E-state index contributed by atoms with van der Waals surface area (Å²) in [5.41, 5.74) is 8.78. The maximum absolute atomic E-state index is 8.34. The van der Waals surface area contributed by atoms with E-state index in [2.05, 4.69) is 0 Å². The Hall–Kier alpha value is -0.280. The van der Waals surface area contributed by atoms with Crippen molar-refractivity contribution < 1.29 is 25.5 Å². The molecule has 0 saturated carbocycles. The van der Waals surface area contributed by atoms with Crippen LogP contribution in [0.15, 0.2) is 0 Å². The normalized spacial score (nSPS) is 9.60. The molecule has 0 aliphatic heterocycles. The number of aliphatic hydroxyl groups is 5. The molecule has 96 valence electrons. The lowest BCUT2D eigenvalue weighted by atomic mass is 10.1. The van der Waals surface area contributed by atoms with Crippen LogP contribution in [-0.2, 0) is 0 Å². The first-order chi connectivity index (χ1) is 7.01. The third-order valence-electron chi connectivity index (χ3n) is 1.04. The number of nitrogens with two attached hydrogens (primary N) is 2. The zero-order chi connectivity index (χ0) is 12.7. The van der Waals surface area contributed by atoms with E-state index in [0.717, 1.165) is 6.54 Å². The van der Waals surface area contributed by atoms with Crippen LogP contribution in [0.25, 0.3) is 0 Å². The smallest absolute Gasteiger partial charge is 0.0856 e. The lowest BCUT2D eigenvalue weighted by molar-refractivity contribution is 0.0698. The Bertz CT molecular complexity index is 90.8. The van der Waals surface area contributed by atoms with Crippen LogP contribution < -0.4 is 11.5 Å². The van der Waals surface area contributed by atoms with Crippen LogP contribution in [0, 0.1) is 0 Å². The molecule has 0 aromatic carbocycles. The molecule has 0 aromatic heterocycles. The van der Waals surface area contributed by atoms with E-state index in [1.807, 2.05) is 6.92 Å². The van der Waals surface area contributed by atoms with E-state index in [0.29, 0.717) is 0 Å². The molecule has 0 aliphatic rings. The van der Waals surface area contributed by atoms with Crippen LogP contribution in [0.4, 0.5) is 0 Å². The maximum atomic E-state index is 8.34. The van der Waals surface area contributed by atoms with Gasteiger partial charge in [0.25, 0.3) is 0 Å². The van der Waals surface area contributed by atoms with Crippen molar-refractivity contribution >= 4 is 0 Å². The van der Waals surface area contributed by atoms with Gasteiger partial charge in [-0.25, -0.2) is 0 Å². The lowest BCUT2D eigenvalue weighted by Crippen LogP contribution is -2.50. The van der Waals surface area contributed by atoms with Crippen molar-refractivity contribution in [2.24, 2.45) is 11.5 Å². The fraction of sp³-hybridized carbons (Fsp3) is 1.00. The zero-order valence-corrected chi connectivity index (χ0v) is 9.13. The summed E-state index contributed by atoms with van der Waals surface area (Å²) < 4.78 is 0. The molecule has 9 N–H and O–H groups in total. The highest BCUT2D eigenvalue weighted by Gasteiger charge is 2.20. The van der Waals surface area contributed by atoms with Gasteiger partial charge >= 0.3 is 0 Å². The Labute approximate surface area is 90.0 Å². The third-order valence-corrected chi connectivity index (χ3v) is 1.04. The second-order valence-electron chi connectivity index (χ2n) is 2.69. The summed E-state index contributed by atoms with van der Waals surface area (Å²) in [5, 5.41) is 40.3.